The fourth-order valence-corrected chi connectivity index (χ4v) is 5.57. The number of alkyl halides is 3. The zero-order valence-corrected chi connectivity index (χ0v) is 18.8. The number of carbonyl (C=O) groups is 1. The molecule has 1 unspecified atom stereocenters. The van der Waals surface area contributed by atoms with Crippen molar-refractivity contribution >= 4 is 22.1 Å². The summed E-state index contributed by atoms with van der Waals surface area (Å²) in [6.07, 6.45) is -2.12. The predicted octanol–water partition coefficient (Wildman–Crippen LogP) is 5.06. The van der Waals surface area contributed by atoms with Gasteiger partial charge >= 0.3 is 12.1 Å². The highest BCUT2D eigenvalue weighted by atomic mass is 32.2. The number of hydrogen-bond acceptors (Lipinski definition) is 3. The third-order valence-electron chi connectivity index (χ3n) is 5.66. The Kier molecular flexibility index (Phi) is 6.52. The first-order chi connectivity index (χ1) is 16.4. The predicted molar refractivity (Wildman–Crippen MR) is 121 cm³/mol. The van der Waals surface area contributed by atoms with E-state index in [4.69, 9.17) is 5.11 Å². The number of halogens is 4. The smallest absolute Gasteiger partial charge is 0.417 e. The lowest BCUT2D eigenvalue weighted by atomic mass is 10.0. The highest BCUT2D eigenvalue weighted by Gasteiger charge is 2.38. The van der Waals surface area contributed by atoms with Gasteiger partial charge in [0.15, 0.2) is 0 Å². The van der Waals surface area contributed by atoms with Gasteiger partial charge < -0.3 is 5.11 Å². The van der Waals surface area contributed by atoms with E-state index in [1.165, 1.54) is 24.3 Å². The van der Waals surface area contributed by atoms with Crippen LogP contribution >= 0.6 is 0 Å². The summed E-state index contributed by atoms with van der Waals surface area (Å²) in [5.41, 5.74) is 0.644. The van der Waals surface area contributed by atoms with Crippen molar-refractivity contribution in [3.63, 3.8) is 0 Å². The molecule has 0 aromatic heterocycles. The van der Waals surface area contributed by atoms with E-state index in [1.54, 1.807) is 18.2 Å². The van der Waals surface area contributed by atoms with E-state index < -0.39 is 44.5 Å². The Balaban J connectivity index is 1.62. The van der Waals surface area contributed by atoms with E-state index in [0.29, 0.717) is 11.6 Å². The van der Waals surface area contributed by atoms with Gasteiger partial charge in [0.2, 0.25) is 10.0 Å². The molecule has 5 nitrogen and oxygen atoms in total. The third kappa shape index (κ3) is 5.44. The number of carboxylic acid groups (broad SMARTS) is 1. The maximum Gasteiger partial charge on any atom is 0.417 e. The minimum absolute atomic E-state index is 0.0751. The van der Waals surface area contributed by atoms with Crippen LogP contribution in [0.2, 0.25) is 0 Å². The molecule has 3 aromatic carbocycles. The Labute approximate surface area is 198 Å². The van der Waals surface area contributed by atoms with Gasteiger partial charge in [0, 0.05) is 17.7 Å². The first-order valence-electron chi connectivity index (χ1n) is 10.5. The summed E-state index contributed by atoms with van der Waals surface area (Å²) in [6, 6.07) is 12.4. The van der Waals surface area contributed by atoms with Gasteiger partial charge in [0.1, 0.15) is 5.82 Å². The Bertz CT molecular complexity index is 1430. The molecule has 1 aliphatic rings. The van der Waals surface area contributed by atoms with Crippen molar-refractivity contribution in [2.75, 3.05) is 0 Å². The molecular formula is C25H19F4NO4S. The molecule has 0 fully saturated rings. The Morgan fingerprint density at radius 2 is 1.71 bits per heavy atom. The lowest BCUT2D eigenvalue weighted by Gasteiger charge is -2.18. The average Bonchev–Trinajstić information content (AvgIpc) is 3.17. The molecule has 0 spiro atoms. The first kappa shape index (κ1) is 24.6. The summed E-state index contributed by atoms with van der Waals surface area (Å²) in [5, 5.41) is 8.76. The van der Waals surface area contributed by atoms with E-state index in [9.17, 15) is 30.8 Å². The van der Waals surface area contributed by atoms with Crippen LogP contribution in [0, 0.1) is 5.82 Å². The molecule has 3 aromatic rings. The Morgan fingerprint density at radius 1 is 1.00 bits per heavy atom. The number of carboxylic acids is 1. The molecule has 0 amide bonds. The molecule has 4 rings (SSSR count). The van der Waals surface area contributed by atoms with Crippen molar-refractivity contribution < 1.29 is 35.9 Å². The van der Waals surface area contributed by atoms with Crippen LogP contribution in [-0.2, 0) is 33.8 Å². The van der Waals surface area contributed by atoms with Crippen LogP contribution in [0.3, 0.4) is 0 Å². The number of benzene rings is 3. The summed E-state index contributed by atoms with van der Waals surface area (Å²) in [6.45, 7) is 0. The second-order valence-electron chi connectivity index (χ2n) is 8.11. The van der Waals surface area contributed by atoms with Crippen molar-refractivity contribution in [1.29, 1.82) is 0 Å². The lowest BCUT2D eigenvalue weighted by Crippen LogP contribution is -2.36. The van der Waals surface area contributed by atoms with Crippen LogP contribution < -0.4 is 4.72 Å². The van der Waals surface area contributed by atoms with Crippen molar-refractivity contribution in [1.82, 2.24) is 4.72 Å². The molecular weight excluding hydrogens is 486 g/mol. The SMILES string of the molecule is O=C(O)C=Cc1ccc2c(c1)CC(NS(=O)(=O)c1ccc(-c3ccccc3F)cc1C(F)(F)F)C2. The number of fused-ring (bicyclic) bond motifs is 1. The number of rotatable bonds is 6. The number of sulfonamides is 1. The van der Waals surface area contributed by atoms with E-state index in [-0.39, 0.29) is 24.0 Å². The summed E-state index contributed by atoms with van der Waals surface area (Å²) in [4.78, 5) is 9.77. The van der Waals surface area contributed by atoms with Gasteiger partial charge in [0.25, 0.3) is 0 Å². The molecule has 0 heterocycles. The Morgan fingerprint density at radius 3 is 2.40 bits per heavy atom. The zero-order chi connectivity index (χ0) is 25.4. The minimum atomic E-state index is -4.99. The third-order valence-corrected chi connectivity index (χ3v) is 7.24. The fourth-order valence-electron chi connectivity index (χ4n) is 4.12. The molecule has 0 radical (unpaired) electrons. The molecule has 182 valence electrons. The van der Waals surface area contributed by atoms with Crippen LogP contribution in [0.25, 0.3) is 17.2 Å². The average molecular weight is 505 g/mol. The molecule has 1 aliphatic carbocycles. The van der Waals surface area contributed by atoms with E-state index in [2.05, 4.69) is 4.72 Å². The van der Waals surface area contributed by atoms with E-state index in [1.807, 2.05) is 0 Å². The standard InChI is InChI=1S/C25H19F4NO4S/c26-22-4-2-1-3-20(22)17-8-9-23(21(14-17)25(27,28)29)35(33,34)30-19-12-16-7-5-15(6-10-24(31)32)11-18(16)13-19/h1-11,14,19,30H,12-13H2,(H,31,32). The lowest BCUT2D eigenvalue weighted by molar-refractivity contribution is -0.140. The summed E-state index contributed by atoms with van der Waals surface area (Å²) in [7, 11) is -4.57. The van der Waals surface area contributed by atoms with Crippen LogP contribution in [0.5, 0.6) is 0 Å². The summed E-state index contributed by atoms with van der Waals surface area (Å²) in [5.74, 6) is -1.84. The molecule has 2 N–H and O–H groups in total. The molecule has 35 heavy (non-hydrogen) atoms. The van der Waals surface area contributed by atoms with Crippen molar-refractivity contribution in [2.24, 2.45) is 0 Å². The van der Waals surface area contributed by atoms with Crippen molar-refractivity contribution in [2.45, 2.75) is 30.0 Å². The van der Waals surface area contributed by atoms with Crippen LogP contribution in [0.4, 0.5) is 17.6 Å². The normalized spacial score (nSPS) is 15.9. The van der Waals surface area contributed by atoms with Gasteiger partial charge in [-0.1, -0.05) is 42.5 Å². The minimum Gasteiger partial charge on any atom is -0.478 e. The molecule has 0 saturated carbocycles. The molecule has 0 saturated heterocycles. The summed E-state index contributed by atoms with van der Waals surface area (Å²) < 4.78 is 84.0. The summed E-state index contributed by atoms with van der Waals surface area (Å²) >= 11 is 0. The van der Waals surface area contributed by atoms with Crippen molar-refractivity contribution in [3.8, 4) is 11.1 Å². The highest BCUT2D eigenvalue weighted by Crippen LogP contribution is 2.38. The van der Waals surface area contributed by atoms with Crippen LogP contribution in [0.1, 0.15) is 22.3 Å². The van der Waals surface area contributed by atoms with Crippen molar-refractivity contribution in [3.05, 3.63) is 94.8 Å². The first-order valence-corrected chi connectivity index (χ1v) is 11.9. The molecule has 0 bridgehead atoms. The monoisotopic (exact) mass is 505 g/mol. The zero-order valence-electron chi connectivity index (χ0n) is 18.0. The van der Waals surface area contributed by atoms with E-state index in [0.717, 1.165) is 35.4 Å². The number of hydrogen-bond donors (Lipinski definition) is 2. The van der Waals surface area contributed by atoms with Gasteiger partial charge in [0.05, 0.1) is 10.5 Å². The molecule has 1 atom stereocenters. The second kappa shape index (κ2) is 9.27. The fraction of sp³-hybridized carbons (Fsp3) is 0.160. The van der Waals surface area contributed by atoms with Gasteiger partial charge in [-0.15, -0.1) is 0 Å². The van der Waals surface area contributed by atoms with Gasteiger partial charge in [-0.2, -0.15) is 13.2 Å². The maximum absolute atomic E-state index is 14.1. The largest absolute Gasteiger partial charge is 0.478 e. The van der Waals surface area contributed by atoms with Crippen LogP contribution in [0.15, 0.2) is 71.6 Å². The Hall–Kier alpha value is -3.50. The van der Waals surface area contributed by atoms with Gasteiger partial charge in [-0.3, -0.25) is 0 Å². The topological polar surface area (TPSA) is 83.5 Å². The number of aliphatic carboxylic acids is 1. The molecule has 10 heteroatoms. The quantitative estimate of drug-likeness (QED) is 0.363. The maximum atomic E-state index is 14.1. The second-order valence-corrected chi connectivity index (χ2v) is 9.80. The van der Waals surface area contributed by atoms with Gasteiger partial charge in [-0.25, -0.2) is 22.3 Å². The number of nitrogens with one attached hydrogen (secondary N) is 1. The highest BCUT2D eigenvalue weighted by molar-refractivity contribution is 7.89. The van der Waals surface area contributed by atoms with Crippen LogP contribution in [-0.4, -0.2) is 25.5 Å². The van der Waals surface area contributed by atoms with E-state index >= 15 is 0 Å². The van der Waals surface area contributed by atoms with Gasteiger partial charge in [-0.05, 0) is 59.4 Å². The molecule has 0 aliphatic heterocycles.